The van der Waals surface area contributed by atoms with Gasteiger partial charge in [-0.3, -0.25) is 4.79 Å². The number of aliphatic hydroxyl groups excluding tert-OH is 1. The van der Waals surface area contributed by atoms with Crippen molar-refractivity contribution in [3.8, 4) is 0 Å². The Labute approximate surface area is 148 Å². The van der Waals surface area contributed by atoms with Gasteiger partial charge in [0.2, 0.25) is 0 Å². The van der Waals surface area contributed by atoms with Crippen LogP contribution in [0.3, 0.4) is 0 Å². The fourth-order valence-corrected chi connectivity index (χ4v) is 3.60. The van der Waals surface area contributed by atoms with Crippen LogP contribution in [0.4, 0.5) is 10.5 Å². The van der Waals surface area contributed by atoms with Crippen molar-refractivity contribution in [2.75, 3.05) is 25.0 Å². The number of hydrogen-bond donors (Lipinski definition) is 2. The van der Waals surface area contributed by atoms with E-state index in [-0.39, 0.29) is 18.0 Å². The highest BCUT2D eigenvalue weighted by molar-refractivity contribution is 5.95. The molecule has 2 saturated heterocycles. The SMILES string of the molecule is C[C@@H]1CCCCN1C(=O)c1ccc(NC(=O)N2CCC[C@@H](O)C2)cc1. The van der Waals surface area contributed by atoms with Crippen molar-refractivity contribution in [1.82, 2.24) is 9.80 Å². The van der Waals surface area contributed by atoms with Crippen LogP contribution in [0.15, 0.2) is 24.3 Å². The van der Waals surface area contributed by atoms with Gasteiger partial charge in [-0.05, 0) is 63.3 Å². The van der Waals surface area contributed by atoms with Crippen LogP contribution in [0.5, 0.6) is 0 Å². The van der Waals surface area contributed by atoms with Gasteiger partial charge in [-0.15, -0.1) is 0 Å². The molecule has 0 radical (unpaired) electrons. The normalized spacial score (nSPS) is 24.1. The zero-order valence-corrected chi connectivity index (χ0v) is 14.8. The molecular formula is C19H27N3O3. The number of benzene rings is 1. The van der Waals surface area contributed by atoms with Gasteiger partial charge in [-0.1, -0.05) is 0 Å². The van der Waals surface area contributed by atoms with Gasteiger partial charge in [0.25, 0.3) is 5.91 Å². The number of β-amino-alcohol motifs (C(OH)–C–C–N with tert-alkyl or cyclic N) is 1. The third-order valence-electron chi connectivity index (χ3n) is 5.13. The molecule has 2 aliphatic rings. The highest BCUT2D eigenvalue weighted by atomic mass is 16.3. The molecule has 3 rings (SSSR count). The Kier molecular flexibility index (Phi) is 5.58. The first-order valence-corrected chi connectivity index (χ1v) is 9.19. The summed E-state index contributed by atoms with van der Waals surface area (Å²) in [6, 6.07) is 7.14. The Hall–Kier alpha value is -2.08. The zero-order chi connectivity index (χ0) is 17.8. The molecule has 3 amide bonds. The summed E-state index contributed by atoms with van der Waals surface area (Å²) in [5, 5.41) is 12.5. The molecule has 136 valence electrons. The number of carbonyl (C=O) groups excluding carboxylic acids is 2. The maximum atomic E-state index is 12.6. The number of aliphatic hydroxyl groups is 1. The molecule has 0 bridgehead atoms. The van der Waals surface area contributed by atoms with Crippen molar-refractivity contribution in [2.45, 2.75) is 51.2 Å². The summed E-state index contributed by atoms with van der Waals surface area (Å²) in [7, 11) is 0. The number of nitrogens with one attached hydrogen (secondary N) is 1. The second kappa shape index (κ2) is 7.87. The van der Waals surface area contributed by atoms with Crippen molar-refractivity contribution in [2.24, 2.45) is 0 Å². The summed E-state index contributed by atoms with van der Waals surface area (Å²) in [6.07, 6.45) is 4.42. The predicted molar refractivity (Wildman–Crippen MR) is 96.6 cm³/mol. The molecule has 2 atom stereocenters. The molecule has 1 aromatic carbocycles. The molecule has 0 saturated carbocycles. The first-order chi connectivity index (χ1) is 12.0. The number of carbonyl (C=O) groups is 2. The quantitative estimate of drug-likeness (QED) is 0.865. The largest absolute Gasteiger partial charge is 0.391 e. The van der Waals surface area contributed by atoms with Gasteiger partial charge in [0.15, 0.2) is 0 Å². The van der Waals surface area contributed by atoms with Crippen molar-refractivity contribution in [3.05, 3.63) is 29.8 Å². The van der Waals surface area contributed by atoms with Gasteiger partial charge in [0, 0.05) is 36.9 Å². The highest BCUT2D eigenvalue weighted by Gasteiger charge is 2.24. The average molecular weight is 345 g/mol. The number of urea groups is 1. The molecule has 6 heteroatoms. The lowest BCUT2D eigenvalue weighted by molar-refractivity contribution is 0.0635. The van der Waals surface area contributed by atoms with E-state index < -0.39 is 6.10 Å². The number of anilines is 1. The van der Waals surface area contributed by atoms with Gasteiger partial charge in [0.05, 0.1) is 6.10 Å². The molecule has 1 aromatic rings. The number of amides is 3. The van der Waals surface area contributed by atoms with Gasteiger partial charge >= 0.3 is 6.03 Å². The predicted octanol–water partition coefficient (Wildman–Crippen LogP) is 2.69. The summed E-state index contributed by atoms with van der Waals surface area (Å²) in [5.74, 6) is 0.0595. The Morgan fingerprint density at radius 2 is 1.84 bits per heavy atom. The van der Waals surface area contributed by atoms with Crippen molar-refractivity contribution in [3.63, 3.8) is 0 Å². The van der Waals surface area contributed by atoms with Crippen LogP contribution in [0.1, 0.15) is 49.4 Å². The van der Waals surface area contributed by atoms with Crippen LogP contribution in [0, 0.1) is 0 Å². The van der Waals surface area contributed by atoms with E-state index in [0.717, 1.165) is 32.2 Å². The lowest BCUT2D eigenvalue weighted by Gasteiger charge is -2.33. The molecule has 0 aromatic heterocycles. The molecular weight excluding hydrogens is 318 g/mol. The molecule has 0 aliphatic carbocycles. The molecule has 2 N–H and O–H groups in total. The van der Waals surface area contributed by atoms with Crippen LogP contribution in [-0.4, -0.2) is 58.6 Å². The van der Waals surface area contributed by atoms with Crippen LogP contribution in [-0.2, 0) is 0 Å². The summed E-state index contributed by atoms with van der Waals surface area (Å²) in [5.41, 5.74) is 1.31. The van der Waals surface area contributed by atoms with Gasteiger partial charge in [-0.2, -0.15) is 0 Å². The molecule has 6 nitrogen and oxygen atoms in total. The number of hydrogen-bond acceptors (Lipinski definition) is 3. The first kappa shape index (κ1) is 17.7. The van der Waals surface area contributed by atoms with E-state index in [1.807, 2.05) is 4.90 Å². The average Bonchev–Trinajstić information content (AvgIpc) is 2.62. The second-order valence-electron chi connectivity index (χ2n) is 7.09. The Balaban J connectivity index is 1.60. The van der Waals surface area contributed by atoms with E-state index in [0.29, 0.717) is 24.3 Å². The standard InChI is InChI=1S/C19H27N3O3/c1-14-5-2-3-12-22(14)18(24)15-7-9-16(10-8-15)20-19(25)21-11-4-6-17(23)13-21/h7-10,14,17,23H,2-6,11-13H2,1H3,(H,20,25)/t14-,17-/m1/s1. The van der Waals surface area contributed by atoms with E-state index in [4.69, 9.17) is 0 Å². The first-order valence-electron chi connectivity index (χ1n) is 9.19. The molecule has 25 heavy (non-hydrogen) atoms. The van der Waals surface area contributed by atoms with Crippen molar-refractivity contribution in [1.29, 1.82) is 0 Å². The summed E-state index contributed by atoms with van der Waals surface area (Å²) < 4.78 is 0. The molecule has 2 aliphatic heterocycles. The number of piperidine rings is 2. The fourth-order valence-electron chi connectivity index (χ4n) is 3.60. The molecule has 0 unspecified atom stereocenters. The Morgan fingerprint density at radius 1 is 1.08 bits per heavy atom. The zero-order valence-electron chi connectivity index (χ0n) is 14.8. The fraction of sp³-hybridized carbons (Fsp3) is 0.579. The lowest BCUT2D eigenvalue weighted by atomic mass is 10.0. The number of rotatable bonds is 2. The van der Waals surface area contributed by atoms with E-state index in [2.05, 4.69) is 12.2 Å². The van der Waals surface area contributed by atoms with Gasteiger partial charge in [-0.25, -0.2) is 4.79 Å². The topological polar surface area (TPSA) is 72.9 Å². The van der Waals surface area contributed by atoms with Crippen LogP contribution in [0.2, 0.25) is 0 Å². The summed E-state index contributed by atoms with van der Waals surface area (Å²) in [4.78, 5) is 28.4. The molecule has 2 heterocycles. The van der Waals surface area contributed by atoms with E-state index in [1.54, 1.807) is 29.2 Å². The Morgan fingerprint density at radius 3 is 2.52 bits per heavy atom. The number of likely N-dealkylation sites (tertiary alicyclic amines) is 2. The summed E-state index contributed by atoms with van der Waals surface area (Å²) >= 11 is 0. The van der Waals surface area contributed by atoms with Crippen LogP contribution < -0.4 is 5.32 Å². The van der Waals surface area contributed by atoms with Crippen LogP contribution >= 0.6 is 0 Å². The minimum atomic E-state index is -0.439. The lowest BCUT2D eigenvalue weighted by Crippen LogP contribution is -2.44. The minimum Gasteiger partial charge on any atom is -0.391 e. The van der Waals surface area contributed by atoms with Gasteiger partial charge < -0.3 is 20.2 Å². The van der Waals surface area contributed by atoms with Crippen molar-refractivity contribution >= 4 is 17.6 Å². The van der Waals surface area contributed by atoms with Crippen LogP contribution in [0.25, 0.3) is 0 Å². The van der Waals surface area contributed by atoms with E-state index in [1.165, 1.54) is 6.42 Å². The number of nitrogens with zero attached hydrogens (tertiary/aromatic N) is 2. The highest BCUT2D eigenvalue weighted by Crippen LogP contribution is 2.20. The second-order valence-corrected chi connectivity index (χ2v) is 7.09. The molecule has 0 spiro atoms. The maximum absolute atomic E-state index is 12.6. The van der Waals surface area contributed by atoms with E-state index >= 15 is 0 Å². The van der Waals surface area contributed by atoms with E-state index in [9.17, 15) is 14.7 Å². The minimum absolute atomic E-state index is 0.0595. The van der Waals surface area contributed by atoms with Gasteiger partial charge in [0.1, 0.15) is 0 Å². The smallest absolute Gasteiger partial charge is 0.321 e. The van der Waals surface area contributed by atoms with Crippen molar-refractivity contribution < 1.29 is 14.7 Å². The summed E-state index contributed by atoms with van der Waals surface area (Å²) in [6.45, 7) is 3.94. The monoisotopic (exact) mass is 345 g/mol. The molecule has 2 fully saturated rings. The maximum Gasteiger partial charge on any atom is 0.321 e. The third-order valence-corrected chi connectivity index (χ3v) is 5.13. The Bertz CT molecular complexity index is 617. The third kappa shape index (κ3) is 4.31.